The fourth-order valence-electron chi connectivity index (χ4n) is 2.48. The minimum atomic E-state index is -0.523. The van der Waals surface area contributed by atoms with E-state index in [9.17, 15) is 9.59 Å². The second-order valence-electron chi connectivity index (χ2n) is 6.79. The predicted molar refractivity (Wildman–Crippen MR) is 82.6 cm³/mol. The van der Waals surface area contributed by atoms with Crippen molar-refractivity contribution in [1.82, 2.24) is 0 Å². The third-order valence-corrected chi connectivity index (χ3v) is 3.84. The minimum Gasteiger partial charge on any atom is -0.444 e. The van der Waals surface area contributed by atoms with Gasteiger partial charge in [-0.3, -0.25) is 10.1 Å². The lowest BCUT2D eigenvalue weighted by Crippen LogP contribution is -2.27. The first kappa shape index (κ1) is 15.5. The zero-order valence-electron chi connectivity index (χ0n) is 13.4. The average Bonchev–Trinajstić information content (AvgIpc) is 3.10. The van der Waals surface area contributed by atoms with E-state index in [-0.39, 0.29) is 11.2 Å². The highest BCUT2D eigenvalue weighted by Crippen LogP contribution is 2.49. The summed E-state index contributed by atoms with van der Waals surface area (Å²) < 4.78 is 5.24. The summed E-state index contributed by atoms with van der Waals surface area (Å²) in [4.78, 5) is 23.6. The van der Waals surface area contributed by atoms with Crippen molar-refractivity contribution < 1.29 is 14.3 Å². The van der Waals surface area contributed by atoms with Crippen LogP contribution in [0.2, 0.25) is 0 Å². The lowest BCUT2D eigenvalue weighted by molar-refractivity contribution is -0.119. The van der Waals surface area contributed by atoms with Gasteiger partial charge >= 0.3 is 6.09 Å². The van der Waals surface area contributed by atoms with E-state index in [2.05, 4.69) is 5.32 Å². The Hall–Kier alpha value is -1.84. The smallest absolute Gasteiger partial charge is 0.412 e. The van der Waals surface area contributed by atoms with Crippen molar-refractivity contribution >= 4 is 17.6 Å². The molecular formula is C17H23NO3. The maximum Gasteiger partial charge on any atom is 0.412 e. The largest absolute Gasteiger partial charge is 0.444 e. The van der Waals surface area contributed by atoms with Gasteiger partial charge in [0.1, 0.15) is 11.4 Å². The zero-order valence-corrected chi connectivity index (χ0v) is 13.4. The highest BCUT2D eigenvalue weighted by Gasteiger charge is 2.48. The molecule has 21 heavy (non-hydrogen) atoms. The molecule has 0 aliphatic heterocycles. The number of nitrogens with one attached hydrogen (secondary N) is 1. The van der Waals surface area contributed by atoms with Gasteiger partial charge in [0.05, 0.1) is 5.41 Å². The number of carbonyl (C=O) groups is 2. The number of hydrogen-bond donors (Lipinski definition) is 1. The normalized spacial score (nSPS) is 16.2. The van der Waals surface area contributed by atoms with Crippen molar-refractivity contribution in [3.8, 4) is 0 Å². The molecule has 4 nitrogen and oxygen atoms in total. The highest BCUT2D eigenvalue weighted by atomic mass is 16.6. The van der Waals surface area contributed by atoms with Crippen LogP contribution >= 0.6 is 0 Å². The molecule has 4 heteroatoms. The number of ketones is 1. The molecule has 2 rings (SSSR count). The van der Waals surface area contributed by atoms with E-state index in [4.69, 9.17) is 4.74 Å². The average molecular weight is 289 g/mol. The molecular weight excluding hydrogens is 266 g/mol. The van der Waals surface area contributed by atoms with Crippen molar-refractivity contribution in [2.75, 3.05) is 5.32 Å². The third kappa shape index (κ3) is 3.43. The number of hydrogen-bond acceptors (Lipinski definition) is 3. The van der Waals surface area contributed by atoms with Gasteiger partial charge in [-0.25, -0.2) is 4.79 Å². The molecule has 0 spiro atoms. The van der Waals surface area contributed by atoms with Crippen LogP contribution in [-0.2, 0) is 14.9 Å². The molecule has 1 aromatic carbocycles. The van der Waals surface area contributed by atoms with Crippen LogP contribution in [0.3, 0.4) is 0 Å². The molecule has 114 valence electrons. The van der Waals surface area contributed by atoms with Gasteiger partial charge in [-0.15, -0.1) is 0 Å². The minimum absolute atomic E-state index is 0.217. The van der Waals surface area contributed by atoms with Gasteiger partial charge < -0.3 is 4.74 Å². The summed E-state index contributed by atoms with van der Waals surface area (Å²) in [6.07, 6.45) is 1.37. The van der Waals surface area contributed by atoms with E-state index in [1.807, 2.05) is 45.9 Å². The van der Waals surface area contributed by atoms with Crippen molar-refractivity contribution in [3.63, 3.8) is 0 Å². The number of carbonyl (C=O) groups excluding carboxylic acids is 2. The molecule has 1 aromatic rings. The summed E-state index contributed by atoms with van der Waals surface area (Å²) >= 11 is 0. The molecule has 0 radical (unpaired) electrons. The fraction of sp³-hybridized carbons (Fsp3) is 0.529. The molecule has 1 N–H and O–H groups in total. The van der Waals surface area contributed by atoms with Gasteiger partial charge in [0.25, 0.3) is 0 Å². The number of Topliss-reactive ketones (excluding diaryl/α,β-unsaturated/α-hetero) is 1. The van der Waals surface area contributed by atoms with E-state index in [0.29, 0.717) is 5.69 Å². The highest BCUT2D eigenvalue weighted by molar-refractivity contribution is 5.92. The van der Waals surface area contributed by atoms with Crippen LogP contribution in [0, 0.1) is 6.92 Å². The molecule has 0 bridgehead atoms. The van der Waals surface area contributed by atoms with E-state index < -0.39 is 11.7 Å². The predicted octanol–water partition coefficient (Wildman–Crippen LogP) is 3.96. The second kappa shape index (κ2) is 5.17. The first-order valence-corrected chi connectivity index (χ1v) is 7.26. The lowest BCUT2D eigenvalue weighted by atomic mass is 9.90. The third-order valence-electron chi connectivity index (χ3n) is 3.84. The number of rotatable bonds is 3. The van der Waals surface area contributed by atoms with Gasteiger partial charge in [0, 0.05) is 5.69 Å². The van der Waals surface area contributed by atoms with Crippen molar-refractivity contribution in [3.05, 3.63) is 29.3 Å². The Kier molecular flexibility index (Phi) is 3.83. The van der Waals surface area contributed by atoms with E-state index in [0.717, 1.165) is 24.0 Å². The van der Waals surface area contributed by atoms with Gasteiger partial charge in [0.15, 0.2) is 0 Å². The number of anilines is 1. The maximum atomic E-state index is 11.8. The second-order valence-corrected chi connectivity index (χ2v) is 6.79. The Morgan fingerprint density at radius 1 is 1.24 bits per heavy atom. The quantitative estimate of drug-likeness (QED) is 0.916. The first-order chi connectivity index (χ1) is 9.64. The van der Waals surface area contributed by atoms with Crippen LogP contribution in [0.5, 0.6) is 0 Å². The van der Waals surface area contributed by atoms with Gasteiger partial charge in [-0.1, -0.05) is 12.1 Å². The monoisotopic (exact) mass is 289 g/mol. The molecule has 1 fully saturated rings. The van der Waals surface area contributed by atoms with Crippen LogP contribution in [0.15, 0.2) is 18.2 Å². The number of amides is 1. The first-order valence-electron chi connectivity index (χ1n) is 7.26. The van der Waals surface area contributed by atoms with Gasteiger partial charge in [-0.05, 0) is 64.7 Å². The Labute approximate surface area is 125 Å². The fourth-order valence-corrected chi connectivity index (χ4v) is 2.48. The lowest BCUT2D eigenvalue weighted by Gasteiger charge is -2.20. The molecule has 0 aromatic heterocycles. The van der Waals surface area contributed by atoms with Crippen LogP contribution in [0.1, 0.15) is 51.7 Å². The van der Waals surface area contributed by atoms with Gasteiger partial charge in [-0.2, -0.15) is 0 Å². The summed E-state index contributed by atoms with van der Waals surface area (Å²) in [5.74, 6) is 0.217. The van der Waals surface area contributed by atoms with Crippen LogP contribution in [0.4, 0.5) is 10.5 Å². The number of aryl methyl sites for hydroxylation is 1. The summed E-state index contributed by atoms with van der Waals surface area (Å²) in [5.41, 5.74) is 1.89. The van der Waals surface area contributed by atoms with E-state index >= 15 is 0 Å². The molecule has 1 amide bonds. The summed E-state index contributed by atoms with van der Waals surface area (Å²) in [7, 11) is 0. The Morgan fingerprint density at radius 2 is 1.86 bits per heavy atom. The SMILES string of the molecule is CC(=O)C1(c2ccc(NC(=O)OC(C)(C)C)c(C)c2)CC1. The summed E-state index contributed by atoms with van der Waals surface area (Å²) in [6.45, 7) is 9.05. The zero-order chi connectivity index (χ0) is 15.8. The molecule has 0 unspecified atom stereocenters. The molecule has 0 saturated heterocycles. The molecule has 1 aliphatic carbocycles. The Bertz CT molecular complexity index is 580. The Balaban J connectivity index is 2.14. The molecule has 0 heterocycles. The number of benzene rings is 1. The van der Waals surface area contributed by atoms with Crippen molar-refractivity contribution in [2.24, 2.45) is 0 Å². The topological polar surface area (TPSA) is 55.4 Å². The van der Waals surface area contributed by atoms with Crippen LogP contribution in [-0.4, -0.2) is 17.5 Å². The van der Waals surface area contributed by atoms with Crippen molar-refractivity contribution in [1.29, 1.82) is 0 Å². The van der Waals surface area contributed by atoms with Crippen LogP contribution < -0.4 is 5.32 Å². The maximum absolute atomic E-state index is 11.8. The molecule has 1 aliphatic rings. The Morgan fingerprint density at radius 3 is 2.29 bits per heavy atom. The van der Waals surface area contributed by atoms with Gasteiger partial charge in [0.2, 0.25) is 0 Å². The number of ether oxygens (including phenoxy) is 1. The molecule has 0 atom stereocenters. The van der Waals surface area contributed by atoms with E-state index in [1.165, 1.54) is 0 Å². The van der Waals surface area contributed by atoms with Crippen LogP contribution in [0.25, 0.3) is 0 Å². The summed E-state index contributed by atoms with van der Waals surface area (Å²) in [6, 6.07) is 5.76. The standard InChI is InChI=1S/C17H23NO3/c1-11-10-13(17(8-9-17)12(2)19)6-7-14(11)18-15(20)21-16(3,4)5/h6-7,10H,8-9H2,1-5H3,(H,18,20). The van der Waals surface area contributed by atoms with Crippen molar-refractivity contribution in [2.45, 2.75) is 58.5 Å². The molecule has 1 saturated carbocycles. The summed E-state index contributed by atoms with van der Waals surface area (Å²) in [5, 5.41) is 2.75. The van der Waals surface area contributed by atoms with E-state index in [1.54, 1.807) is 6.92 Å².